The lowest BCUT2D eigenvalue weighted by molar-refractivity contribution is -0.166. The first-order valence-corrected chi connectivity index (χ1v) is 3.18. The Morgan fingerprint density at radius 2 is 2.00 bits per heavy atom. The predicted molar refractivity (Wildman–Crippen MR) is 32.5 cm³/mol. The van der Waals surface area contributed by atoms with Crippen LogP contribution < -0.4 is 0 Å². The molecule has 0 aliphatic carbocycles. The smallest absolute Gasteiger partial charge is 0.330 e. The Kier molecular flexibility index (Phi) is 4.80. The van der Waals surface area contributed by atoms with Gasteiger partial charge in [0.25, 0.3) is 0 Å². The molecule has 0 fully saturated rings. The van der Waals surface area contributed by atoms with Crippen LogP contribution in [0, 0.1) is 0 Å². The van der Waals surface area contributed by atoms with Crippen molar-refractivity contribution >= 4 is 6.29 Å². The zero-order valence-electron chi connectivity index (χ0n) is 6.10. The Morgan fingerprint density at radius 1 is 1.42 bits per heavy atom. The van der Waals surface area contributed by atoms with Crippen LogP contribution in [0.2, 0.25) is 0 Å². The topological polar surface area (TPSA) is 26.3 Å². The first-order valence-electron chi connectivity index (χ1n) is 3.18. The molecular weight excluding hydrogens is 180 g/mol. The number of ether oxygens (including phenoxy) is 1. The first kappa shape index (κ1) is 11.4. The van der Waals surface area contributed by atoms with Crippen molar-refractivity contribution in [2.45, 2.75) is 18.8 Å². The molecule has 0 aliphatic heterocycles. The summed E-state index contributed by atoms with van der Waals surface area (Å²) in [4.78, 5) is 9.65. The van der Waals surface area contributed by atoms with Gasteiger partial charge in [0, 0.05) is 6.42 Å². The zero-order chi connectivity index (χ0) is 9.61. The fourth-order valence-electron chi connectivity index (χ4n) is 0.403. The van der Waals surface area contributed by atoms with E-state index in [1.54, 1.807) is 0 Å². The summed E-state index contributed by atoms with van der Waals surface area (Å²) >= 11 is 0. The average Bonchev–Trinajstić information content (AvgIpc) is 1.98. The summed E-state index contributed by atoms with van der Waals surface area (Å²) in [6.07, 6.45) is -3.34. The van der Waals surface area contributed by atoms with Crippen molar-refractivity contribution in [3.63, 3.8) is 0 Å². The van der Waals surface area contributed by atoms with Gasteiger partial charge >= 0.3 is 12.3 Å². The Bertz CT molecular complexity index is 138. The SMILES string of the molecule is O=CCCOCC(F)(F)C(F)F. The first-order chi connectivity index (χ1) is 5.50. The minimum atomic E-state index is -4.12. The van der Waals surface area contributed by atoms with Crippen LogP contribution in [0.4, 0.5) is 17.6 Å². The molecule has 6 heteroatoms. The summed E-state index contributed by atoms with van der Waals surface area (Å²) in [5, 5.41) is 0. The molecule has 0 heterocycles. The van der Waals surface area contributed by atoms with Crippen molar-refractivity contribution in [3.8, 4) is 0 Å². The molecule has 0 amide bonds. The summed E-state index contributed by atoms with van der Waals surface area (Å²) in [7, 11) is 0. The second-order valence-corrected chi connectivity index (χ2v) is 2.07. The van der Waals surface area contributed by atoms with Crippen molar-refractivity contribution in [1.29, 1.82) is 0 Å². The fourth-order valence-corrected chi connectivity index (χ4v) is 0.403. The number of rotatable bonds is 6. The summed E-state index contributed by atoms with van der Waals surface area (Å²) < 4.78 is 51.0. The molecule has 12 heavy (non-hydrogen) atoms. The number of hydrogen-bond acceptors (Lipinski definition) is 2. The van der Waals surface area contributed by atoms with Crippen LogP contribution in [0.25, 0.3) is 0 Å². The van der Waals surface area contributed by atoms with Gasteiger partial charge in [-0.15, -0.1) is 0 Å². The van der Waals surface area contributed by atoms with Crippen molar-refractivity contribution in [3.05, 3.63) is 0 Å². The van der Waals surface area contributed by atoms with Crippen LogP contribution >= 0.6 is 0 Å². The molecule has 0 radical (unpaired) electrons. The Hall–Kier alpha value is -0.650. The molecule has 2 nitrogen and oxygen atoms in total. The number of carbonyl (C=O) groups excluding carboxylic acids is 1. The monoisotopic (exact) mass is 188 g/mol. The van der Waals surface area contributed by atoms with Gasteiger partial charge in [-0.25, -0.2) is 8.78 Å². The maximum Gasteiger partial charge on any atom is 0.330 e. The highest BCUT2D eigenvalue weighted by Crippen LogP contribution is 2.22. The third-order valence-corrected chi connectivity index (χ3v) is 0.994. The van der Waals surface area contributed by atoms with Gasteiger partial charge in [0.05, 0.1) is 6.61 Å². The Balaban J connectivity index is 3.54. The van der Waals surface area contributed by atoms with Gasteiger partial charge in [0.1, 0.15) is 12.9 Å². The van der Waals surface area contributed by atoms with Gasteiger partial charge in [0.15, 0.2) is 0 Å². The van der Waals surface area contributed by atoms with Crippen LogP contribution in [-0.2, 0) is 9.53 Å². The van der Waals surface area contributed by atoms with Crippen LogP contribution in [0.1, 0.15) is 6.42 Å². The quantitative estimate of drug-likeness (QED) is 0.358. The average molecular weight is 188 g/mol. The molecule has 0 aromatic heterocycles. The van der Waals surface area contributed by atoms with Crippen molar-refractivity contribution in [1.82, 2.24) is 0 Å². The van der Waals surface area contributed by atoms with E-state index in [9.17, 15) is 22.4 Å². The van der Waals surface area contributed by atoms with Crippen LogP contribution in [0.15, 0.2) is 0 Å². The highest BCUT2D eigenvalue weighted by molar-refractivity contribution is 5.49. The van der Waals surface area contributed by atoms with Crippen molar-refractivity contribution < 1.29 is 27.1 Å². The van der Waals surface area contributed by atoms with Crippen LogP contribution in [-0.4, -0.2) is 31.8 Å². The molecule has 0 N–H and O–H groups in total. The summed E-state index contributed by atoms with van der Waals surface area (Å²) in [6, 6.07) is 0. The molecule has 0 aromatic carbocycles. The zero-order valence-corrected chi connectivity index (χ0v) is 6.10. The molecule has 0 aliphatic rings. The summed E-state index contributed by atoms with van der Waals surface area (Å²) in [5.74, 6) is -4.12. The van der Waals surface area contributed by atoms with Crippen molar-refractivity contribution in [2.75, 3.05) is 13.2 Å². The third kappa shape index (κ3) is 4.27. The fraction of sp³-hybridized carbons (Fsp3) is 0.833. The van der Waals surface area contributed by atoms with Crippen LogP contribution in [0.5, 0.6) is 0 Å². The Labute approximate surface area is 66.5 Å². The number of halogens is 4. The van der Waals surface area contributed by atoms with E-state index in [2.05, 4.69) is 4.74 Å². The molecule has 72 valence electrons. The van der Waals surface area contributed by atoms with E-state index >= 15 is 0 Å². The molecule has 0 spiro atoms. The minimum absolute atomic E-state index is 0.0701. The highest BCUT2D eigenvalue weighted by Gasteiger charge is 2.40. The molecule has 0 atom stereocenters. The van der Waals surface area contributed by atoms with E-state index in [0.717, 1.165) is 0 Å². The van der Waals surface area contributed by atoms with Gasteiger partial charge in [-0.3, -0.25) is 0 Å². The molecule has 0 rings (SSSR count). The molecule has 0 unspecified atom stereocenters. The standard InChI is InChI=1S/C6H8F4O2/c7-5(8)6(9,10)4-12-3-1-2-11/h2,5H,1,3-4H2. The molecular formula is C6H8F4O2. The normalized spacial score (nSPS) is 12.1. The van der Waals surface area contributed by atoms with E-state index < -0.39 is 19.0 Å². The van der Waals surface area contributed by atoms with Gasteiger partial charge in [0.2, 0.25) is 0 Å². The van der Waals surface area contributed by atoms with Gasteiger partial charge in [-0.2, -0.15) is 8.78 Å². The second-order valence-electron chi connectivity index (χ2n) is 2.07. The lowest BCUT2D eigenvalue weighted by atomic mass is 10.4. The van der Waals surface area contributed by atoms with E-state index in [0.29, 0.717) is 6.29 Å². The van der Waals surface area contributed by atoms with Crippen molar-refractivity contribution in [2.24, 2.45) is 0 Å². The highest BCUT2D eigenvalue weighted by atomic mass is 19.3. The number of alkyl halides is 4. The molecule has 0 saturated heterocycles. The third-order valence-electron chi connectivity index (χ3n) is 0.994. The van der Waals surface area contributed by atoms with E-state index in [4.69, 9.17) is 0 Å². The number of carbonyl (C=O) groups is 1. The van der Waals surface area contributed by atoms with E-state index in [-0.39, 0.29) is 13.0 Å². The van der Waals surface area contributed by atoms with Gasteiger partial charge in [-0.05, 0) is 0 Å². The Morgan fingerprint density at radius 3 is 2.42 bits per heavy atom. The predicted octanol–water partition coefficient (Wildman–Crippen LogP) is 1.49. The number of aldehydes is 1. The maximum atomic E-state index is 12.0. The van der Waals surface area contributed by atoms with E-state index in [1.807, 2.05) is 0 Å². The van der Waals surface area contributed by atoms with Gasteiger partial charge < -0.3 is 9.53 Å². The number of hydrogen-bond donors (Lipinski definition) is 0. The molecule has 0 bridgehead atoms. The maximum absolute atomic E-state index is 12.0. The largest absolute Gasteiger partial charge is 0.375 e. The summed E-state index contributed by atoms with van der Waals surface area (Å²) in [5.41, 5.74) is 0. The lowest BCUT2D eigenvalue weighted by Crippen LogP contribution is -2.32. The van der Waals surface area contributed by atoms with E-state index in [1.165, 1.54) is 0 Å². The van der Waals surface area contributed by atoms with Crippen LogP contribution in [0.3, 0.4) is 0 Å². The molecule has 0 saturated carbocycles. The minimum Gasteiger partial charge on any atom is -0.375 e. The summed E-state index contributed by atoms with van der Waals surface area (Å²) in [6.45, 7) is -1.61. The molecule has 0 aromatic rings. The van der Waals surface area contributed by atoms with Gasteiger partial charge in [-0.1, -0.05) is 0 Å². The lowest BCUT2D eigenvalue weighted by Gasteiger charge is -2.14. The second kappa shape index (κ2) is 5.08.